The van der Waals surface area contributed by atoms with Crippen LogP contribution in [-0.2, 0) is 0 Å². The Morgan fingerprint density at radius 1 is 0.571 bits per heavy atom. The first-order chi connectivity index (χ1) is 20.6. The fourth-order valence-corrected chi connectivity index (χ4v) is 6.42. The van der Waals surface area contributed by atoms with Crippen molar-refractivity contribution in [3.05, 3.63) is 119 Å². The number of ketones is 1. The predicted molar refractivity (Wildman–Crippen MR) is 171 cm³/mol. The van der Waals surface area contributed by atoms with Crippen molar-refractivity contribution in [1.29, 1.82) is 0 Å². The standard InChI is InChI=1S/C33H26N4O3S2/c1-39-25-19-11-9-17-23(25)34-32-36-27(21-13-5-3-6-14-21)30(41-32)29(38)31-28(22-15-7-4-8-16-22)37-33(42-31)35-24-18-10-12-20-26(24)40-2/h3-20H,1-2H3,(H,34,36)(H,35,37). The number of carbonyl (C=O) groups is 1. The van der Waals surface area contributed by atoms with Gasteiger partial charge in [-0.1, -0.05) is 108 Å². The summed E-state index contributed by atoms with van der Waals surface area (Å²) in [5.74, 6) is 1.22. The van der Waals surface area contributed by atoms with Crippen LogP contribution in [0.4, 0.5) is 21.6 Å². The number of thiazole rings is 2. The molecule has 4 aromatic carbocycles. The number of nitrogens with zero attached hydrogens (tertiary/aromatic N) is 2. The van der Waals surface area contributed by atoms with E-state index in [4.69, 9.17) is 19.4 Å². The molecule has 0 atom stereocenters. The number of methoxy groups -OCH3 is 2. The second-order valence-corrected chi connectivity index (χ2v) is 11.1. The molecule has 0 spiro atoms. The summed E-state index contributed by atoms with van der Waals surface area (Å²) in [6, 6.07) is 34.7. The Bertz CT molecular complexity index is 1700. The monoisotopic (exact) mass is 590 g/mol. The molecule has 0 aliphatic rings. The summed E-state index contributed by atoms with van der Waals surface area (Å²) >= 11 is 2.61. The maximum atomic E-state index is 14.4. The van der Waals surface area contributed by atoms with Crippen molar-refractivity contribution in [1.82, 2.24) is 9.97 Å². The minimum absolute atomic E-state index is 0.149. The number of anilines is 4. The molecule has 0 bridgehead atoms. The average molecular weight is 591 g/mol. The topological polar surface area (TPSA) is 85.4 Å². The van der Waals surface area contributed by atoms with E-state index in [9.17, 15) is 4.79 Å². The minimum Gasteiger partial charge on any atom is -0.495 e. The van der Waals surface area contributed by atoms with Crippen LogP contribution in [0.25, 0.3) is 22.5 Å². The molecule has 0 amide bonds. The first kappa shape index (κ1) is 27.2. The summed E-state index contributed by atoms with van der Waals surface area (Å²) in [7, 11) is 3.25. The van der Waals surface area contributed by atoms with E-state index in [0.717, 1.165) is 22.5 Å². The van der Waals surface area contributed by atoms with Crippen LogP contribution in [0, 0.1) is 0 Å². The van der Waals surface area contributed by atoms with E-state index in [2.05, 4.69) is 10.6 Å². The van der Waals surface area contributed by atoms with Crippen molar-refractivity contribution >= 4 is 50.1 Å². The number of rotatable bonds is 10. The highest BCUT2D eigenvalue weighted by molar-refractivity contribution is 7.21. The van der Waals surface area contributed by atoms with Gasteiger partial charge in [0.1, 0.15) is 21.3 Å². The van der Waals surface area contributed by atoms with E-state index in [1.165, 1.54) is 22.7 Å². The number of ether oxygens (including phenoxy) is 2. The van der Waals surface area contributed by atoms with Gasteiger partial charge in [-0.25, -0.2) is 9.97 Å². The lowest BCUT2D eigenvalue weighted by molar-refractivity contribution is 0.104. The Hall–Kier alpha value is -4.99. The van der Waals surface area contributed by atoms with Crippen LogP contribution in [0.1, 0.15) is 14.5 Å². The van der Waals surface area contributed by atoms with Crippen LogP contribution in [0.5, 0.6) is 11.5 Å². The van der Waals surface area contributed by atoms with Gasteiger partial charge < -0.3 is 20.1 Å². The van der Waals surface area contributed by atoms with Gasteiger partial charge in [0.05, 0.1) is 37.0 Å². The second-order valence-electron chi connectivity index (χ2n) is 9.11. The highest BCUT2D eigenvalue weighted by Crippen LogP contribution is 2.41. The zero-order valence-electron chi connectivity index (χ0n) is 22.8. The van der Waals surface area contributed by atoms with Crippen LogP contribution in [0.15, 0.2) is 109 Å². The van der Waals surface area contributed by atoms with Gasteiger partial charge in [-0.2, -0.15) is 0 Å². The number of aromatic nitrogens is 2. The normalized spacial score (nSPS) is 10.7. The third kappa shape index (κ3) is 5.60. The number of para-hydroxylation sites is 4. The summed E-state index contributed by atoms with van der Waals surface area (Å²) < 4.78 is 11.0. The molecule has 0 unspecified atom stereocenters. The van der Waals surface area contributed by atoms with Gasteiger partial charge in [-0.05, 0) is 24.3 Å². The van der Waals surface area contributed by atoms with Crippen LogP contribution in [0.3, 0.4) is 0 Å². The highest BCUT2D eigenvalue weighted by atomic mass is 32.1. The third-order valence-corrected chi connectivity index (χ3v) is 8.40. The maximum Gasteiger partial charge on any atom is 0.217 e. The molecule has 0 saturated heterocycles. The minimum atomic E-state index is -0.149. The fraction of sp³-hybridized carbons (Fsp3) is 0.0606. The third-order valence-electron chi connectivity index (χ3n) is 6.46. The molecule has 0 saturated carbocycles. The Balaban J connectivity index is 1.45. The lowest BCUT2D eigenvalue weighted by atomic mass is 10.1. The molecule has 2 N–H and O–H groups in total. The molecule has 6 aromatic rings. The Labute approximate surface area is 251 Å². The van der Waals surface area contributed by atoms with Crippen molar-refractivity contribution in [2.24, 2.45) is 0 Å². The summed E-state index contributed by atoms with van der Waals surface area (Å²) in [6.45, 7) is 0. The van der Waals surface area contributed by atoms with Crippen LogP contribution in [0.2, 0.25) is 0 Å². The quantitative estimate of drug-likeness (QED) is 0.154. The molecule has 7 nitrogen and oxygen atoms in total. The van der Waals surface area contributed by atoms with Gasteiger partial charge in [-0.3, -0.25) is 4.79 Å². The average Bonchev–Trinajstić information content (AvgIpc) is 3.67. The summed E-state index contributed by atoms with van der Waals surface area (Å²) in [6.07, 6.45) is 0. The molecule has 9 heteroatoms. The van der Waals surface area contributed by atoms with Gasteiger partial charge in [0, 0.05) is 11.1 Å². The smallest absolute Gasteiger partial charge is 0.217 e. The lowest BCUT2D eigenvalue weighted by Gasteiger charge is -2.08. The van der Waals surface area contributed by atoms with Crippen LogP contribution >= 0.6 is 22.7 Å². The number of benzene rings is 4. The molecule has 0 aliphatic carbocycles. The van der Waals surface area contributed by atoms with E-state index in [1.54, 1.807) is 14.2 Å². The molecule has 0 fully saturated rings. The van der Waals surface area contributed by atoms with Gasteiger partial charge in [-0.15, -0.1) is 0 Å². The van der Waals surface area contributed by atoms with Gasteiger partial charge >= 0.3 is 0 Å². The number of nitrogens with one attached hydrogen (secondary N) is 2. The van der Waals surface area contributed by atoms with Gasteiger partial charge in [0.2, 0.25) is 5.78 Å². The SMILES string of the molecule is COc1ccccc1Nc1nc(-c2ccccc2)c(C(=O)c2sc(Nc3ccccc3OC)nc2-c2ccccc2)s1. The molecule has 0 radical (unpaired) electrons. The molecule has 42 heavy (non-hydrogen) atoms. The molecule has 2 heterocycles. The Kier molecular flexibility index (Phi) is 7.94. The lowest BCUT2D eigenvalue weighted by Crippen LogP contribution is -2.00. The van der Waals surface area contributed by atoms with Gasteiger partial charge in [0.15, 0.2) is 10.3 Å². The first-order valence-electron chi connectivity index (χ1n) is 13.1. The zero-order valence-corrected chi connectivity index (χ0v) is 24.5. The van der Waals surface area contributed by atoms with E-state index >= 15 is 0 Å². The number of carbonyl (C=O) groups excluding carboxylic acids is 1. The maximum absolute atomic E-state index is 14.4. The van der Waals surface area contributed by atoms with E-state index in [0.29, 0.717) is 42.9 Å². The molecule has 2 aromatic heterocycles. The summed E-state index contributed by atoms with van der Waals surface area (Å²) in [4.78, 5) is 25.2. The summed E-state index contributed by atoms with van der Waals surface area (Å²) in [5.41, 5.74) is 4.44. The summed E-state index contributed by atoms with van der Waals surface area (Å²) in [5, 5.41) is 7.86. The molecular formula is C33H26N4O3S2. The fourth-order valence-electron chi connectivity index (χ4n) is 4.47. The van der Waals surface area contributed by atoms with E-state index in [1.807, 2.05) is 109 Å². The highest BCUT2D eigenvalue weighted by Gasteiger charge is 2.27. The number of hydrogen-bond acceptors (Lipinski definition) is 9. The van der Waals surface area contributed by atoms with Gasteiger partial charge in [0.25, 0.3) is 0 Å². The second kappa shape index (κ2) is 12.3. The van der Waals surface area contributed by atoms with Crippen LogP contribution in [-0.4, -0.2) is 30.0 Å². The Morgan fingerprint density at radius 2 is 0.952 bits per heavy atom. The molecule has 6 rings (SSSR count). The Morgan fingerprint density at radius 3 is 1.36 bits per heavy atom. The van der Waals surface area contributed by atoms with Crippen molar-refractivity contribution in [2.45, 2.75) is 0 Å². The van der Waals surface area contributed by atoms with Crippen molar-refractivity contribution in [2.75, 3.05) is 24.9 Å². The van der Waals surface area contributed by atoms with Crippen molar-refractivity contribution in [3.63, 3.8) is 0 Å². The van der Waals surface area contributed by atoms with Crippen molar-refractivity contribution in [3.8, 4) is 34.0 Å². The predicted octanol–water partition coefficient (Wildman–Crippen LogP) is 8.67. The van der Waals surface area contributed by atoms with E-state index < -0.39 is 0 Å². The van der Waals surface area contributed by atoms with Crippen LogP contribution < -0.4 is 20.1 Å². The molecular weight excluding hydrogens is 565 g/mol. The largest absolute Gasteiger partial charge is 0.495 e. The van der Waals surface area contributed by atoms with E-state index in [-0.39, 0.29) is 5.78 Å². The first-order valence-corrected chi connectivity index (χ1v) is 14.7. The zero-order chi connectivity index (χ0) is 28.9. The number of hydrogen-bond donors (Lipinski definition) is 2. The van der Waals surface area contributed by atoms with Crippen molar-refractivity contribution < 1.29 is 14.3 Å². The molecule has 0 aliphatic heterocycles. The molecule has 208 valence electrons.